The van der Waals surface area contributed by atoms with Crippen molar-refractivity contribution in [3.8, 4) is 0 Å². The number of aryl methyl sites for hydroxylation is 2. The van der Waals surface area contributed by atoms with Crippen LogP contribution in [0, 0.1) is 24.0 Å². The first-order valence-corrected chi connectivity index (χ1v) is 8.78. The van der Waals surface area contributed by atoms with Gasteiger partial charge in [-0.25, -0.2) is 0 Å². The molecule has 0 fully saturated rings. The average Bonchev–Trinajstić information content (AvgIpc) is 2.76. The lowest BCUT2D eigenvalue weighted by atomic mass is 10.2. The van der Waals surface area contributed by atoms with Crippen LogP contribution < -0.4 is 5.32 Å². The Hall–Kier alpha value is -1.96. The number of hydrogen-bond acceptors (Lipinski definition) is 5. The minimum atomic E-state index is -0.428. The van der Waals surface area contributed by atoms with Gasteiger partial charge in [0.25, 0.3) is 0 Å². The van der Waals surface area contributed by atoms with Gasteiger partial charge < -0.3 is 5.32 Å². The fourth-order valence-corrected chi connectivity index (χ4v) is 3.10. The Labute approximate surface area is 149 Å². The maximum Gasteiger partial charge on any atom is 0.312 e. The molecule has 8 heteroatoms. The van der Waals surface area contributed by atoms with Crippen LogP contribution in [0.3, 0.4) is 0 Å². The van der Waals surface area contributed by atoms with E-state index in [4.69, 9.17) is 0 Å². The zero-order valence-electron chi connectivity index (χ0n) is 16.4. The quantitative estimate of drug-likeness (QED) is 0.543. The third kappa shape index (κ3) is 5.81. The zero-order valence-corrected chi connectivity index (χ0v) is 16.4. The Morgan fingerprint density at radius 3 is 2.24 bits per heavy atom. The van der Waals surface area contributed by atoms with Crippen LogP contribution in [-0.4, -0.2) is 50.2 Å². The first-order chi connectivity index (χ1) is 11.5. The number of nitrogens with zero attached hydrogens (tertiary/aromatic N) is 4. The molecule has 1 atom stereocenters. The van der Waals surface area contributed by atoms with Crippen molar-refractivity contribution in [2.24, 2.45) is 0 Å². The molecule has 0 aromatic carbocycles. The van der Waals surface area contributed by atoms with Crippen LogP contribution in [0.15, 0.2) is 0 Å². The summed E-state index contributed by atoms with van der Waals surface area (Å²) in [5.74, 6) is -0.0739. The Morgan fingerprint density at radius 2 is 1.80 bits per heavy atom. The van der Waals surface area contributed by atoms with Gasteiger partial charge in [-0.05, 0) is 48.5 Å². The predicted molar refractivity (Wildman–Crippen MR) is 97.6 cm³/mol. The van der Waals surface area contributed by atoms with E-state index in [9.17, 15) is 14.9 Å². The molecule has 0 spiro atoms. The van der Waals surface area contributed by atoms with Crippen molar-refractivity contribution in [1.29, 1.82) is 0 Å². The van der Waals surface area contributed by atoms with Crippen LogP contribution >= 0.6 is 0 Å². The van der Waals surface area contributed by atoms with Crippen molar-refractivity contribution < 1.29 is 9.72 Å². The maximum absolute atomic E-state index is 12.2. The van der Waals surface area contributed by atoms with E-state index >= 15 is 0 Å². The highest BCUT2D eigenvalue weighted by atomic mass is 16.6. The van der Waals surface area contributed by atoms with E-state index in [-0.39, 0.29) is 24.1 Å². The van der Waals surface area contributed by atoms with Crippen molar-refractivity contribution in [3.63, 3.8) is 0 Å². The van der Waals surface area contributed by atoms with Crippen LogP contribution in [0.2, 0.25) is 0 Å². The molecule has 1 unspecified atom stereocenters. The van der Waals surface area contributed by atoms with Crippen LogP contribution in [0.5, 0.6) is 0 Å². The van der Waals surface area contributed by atoms with Gasteiger partial charge in [0.05, 0.1) is 11.5 Å². The maximum atomic E-state index is 12.2. The molecule has 0 aliphatic rings. The second kappa shape index (κ2) is 8.94. The van der Waals surface area contributed by atoms with E-state index in [1.807, 2.05) is 6.92 Å². The fraction of sp³-hybridized carbons (Fsp3) is 0.765. The Morgan fingerprint density at radius 1 is 1.24 bits per heavy atom. The summed E-state index contributed by atoms with van der Waals surface area (Å²) in [4.78, 5) is 25.1. The number of nitrogens with one attached hydrogen (secondary N) is 1. The van der Waals surface area contributed by atoms with Crippen molar-refractivity contribution in [1.82, 2.24) is 20.0 Å². The highest BCUT2D eigenvalue weighted by Gasteiger charge is 2.22. The number of carbonyl (C=O) groups excluding carboxylic acids is 1. The Kier molecular flexibility index (Phi) is 7.54. The van der Waals surface area contributed by atoms with Crippen molar-refractivity contribution >= 4 is 11.6 Å². The molecule has 1 amide bonds. The first-order valence-electron chi connectivity index (χ1n) is 8.78. The molecule has 1 aromatic rings. The fourth-order valence-electron chi connectivity index (χ4n) is 3.10. The zero-order chi connectivity index (χ0) is 19.3. The summed E-state index contributed by atoms with van der Waals surface area (Å²) in [5.41, 5.74) is 0.883. The van der Waals surface area contributed by atoms with Gasteiger partial charge in [-0.15, -0.1) is 0 Å². The second-order valence-electron chi connectivity index (χ2n) is 7.10. The van der Waals surface area contributed by atoms with E-state index in [1.165, 1.54) is 4.68 Å². The molecule has 0 aliphatic heterocycles. The molecule has 0 bridgehead atoms. The van der Waals surface area contributed by atoms with Crippen LogP contribution in [0.25, 0.3) is 0 Å². The normalized spacial score (nSPS) is 12.9. The number of carbonyl (C=O) groups is 1. The molecular weight excluding hydrogens is 322 g/mol. The van der Waals surface area contributed by atoms with Gasteiger partial charge in [0, 0.05) is 31.1 Å². The molecule has 0 saturated heterocycles. The summed E-state index contributed by atoms with van der Waals surface area (Å²) < 4.78 is 1.53. The standard InChI is InChI=1S/C17H31N5O3/c1-11(2)20(12(3)4)10-13(5)18-16(23)8-9-21-15(7)17(22(24)25)14(6)19-21/h11-13H,8-10H2,1-7H3,(H,18,23). The lowest BCUT2D eigenvalue weighted by Crippen LogP contribution is -2.47. The summed E-state index contributed by atoms with van der Waals surface area (Å²) in [7, 11) is 0. The first kappa shape index (κ1) is 21.1. The number of nitro groups is 1. The van der Waals surface area contributed by atoms with E-state index < -0.39 is 4.92 Å². The van der Waals surface area contributed by atoms with Crippen molar-refractivity contribution in [2.45, 2.75) is 79.6 Å². The number of aromatic nitrogens is 2. The van der Waals surface area contributed by atoms with Gasteiger partial charge in [-0.2, -0.15) is 5.10 Å². The molecule has 1 heterocycles. The lowest BCUT2D eigenvalue weighted by molar-refractivity contribution is -0.386. The Bertz CT molecular complexity index is 602. The van der Waals surface area contributed by atoms with Crippen LogP contribution in [0.4, 0.5) is 5.69 Å². The van der Waals surface area contributed by atoms with Gasteiger partial charge >= 0.3 is 5.69 Å². The third-order valence-electron chi connectivity index (χ3n) is 4.30. The average molecular weight is 353 g/mol. The topological polar surface area (TPSA) is 93.3 Å². The van der Waals surface area contributed by atoms with Gasteiger partial charge in [-0.3, -0.25) is 24.5 Å². The van der Waals surface area contributed by atoms with E-state index in [0.717, 1.165) is 6.54 Å². The molecule has 8 nitrogen and oxygen atoms in total. The summed E-state index contributed by atoms with van der Waals surface area (Å²) in [6.07, 6.45) is 0.243. The molecule has 1 N–H and O–H groups in total. The van der Waals surface area contributed by atoms with Crippen LogP contribution in [-0.2, 0) is 11.3 Å². The summed E-state index contributed by atoms with van der Waals surface area (Å²) in [6, 6.07) is 0.858. The monoisotopic (exact) mass is 353 g/mol. The molecule has 1 rings (SSSR count). The second-order valence-corrected chi connectivity index (χ2v) is 7.10. The largest absolute Gasteiger partial charge is 0.352 e. The number of rotatable bonds is 9. The third-order valence-corrected chi connectivity index (χ3v) is 4.30. The van der Waals surface area contributed by atoms with E-state index in [1.54, 1.807) is 13.8 Å². The smallest absolute Gasteiger partial charge is 0.312 e. The van der Waals surface area contributed by atoms with E-state index in [2.05, 4.69) is 43.0 Å². The highest BCUT2D eigenvalue weighted by Crippen LogP contribution is 2.21. The summed E-state index contributed by atoms with van der Waals surface area (Å²) in [5, 5.41) is 18.2. The molecule has 0 aliphatic carbocycles. The number of amides is 1. The molecule has 25 heavy (non-hydrogen) atoms. The van der Waals surface area contributed by atoms with Gasteiger partial charge in [0.1, 0.15) is 11.4 Å². The van der Waals surface area contributed by atoms with Crippen molar-refractivity contribution in [3.05, 3.63) is 21.5 Å². The summed E-state index contributed by atoms with van der Waals surface area (Å²) in [6.45, 7) is 14.9. The van der Waals surface area contributed by atoms with Gasteiger partial charge in [0.15, 0.2) is 0 Å². The van der Waals surface area contributed by atoms with Gasteiger partial charge in [-0.1, -0.05) is 0 Å². The summed E-state index contributed by atoms with van der Waals surface area (Å²) >= 11 is 0. The van der Waals surface area contributed by atoms with Gasteiger partial charge in [0.2, 0.25) is 5.91 Å². The molecular formula is C17H31N5O3. The van der Waals surface area contributed by atoms with Crippen LogP contribution in [0.1, 0.15) is 52.4 Å². The Balaban J connectivity index is 2.58. The lowest BCUT2D eigenvalue weighted by Gasteiger charge is -2.33. The highest BCUT2D eigenvalue weighted by molar-refractivity contribution is 5.76. The minimum Gasteiger partial charge on any atom is -0.352 e. The molecule has 1 aromatic heterocycles. The minimum absolute atomic E-state index is 0.0262. The number of hydrogen-bond donors (Lipinski definition) is 1. The SMILES string of the molecule is Cc1nn(CCC(=O)NC(C)CN(C(C)C)C(C)C)c(C)c1[N+](=O)[O-]. The molecule has 0 radical (unpaired) electrons. The predicted octanol–water partition coefficient (Wildman–Crippen LogP) is 2.42. The van der Waals surface area contributed by atoms with E-state index in [0.29, 0.717) is 30.0 Å². The van der Waals surface area contributed by atoms with Crippen molar-refractivity contribution in [2.75, 3.05) is 6.54 Å². The molecule has 142 valence electrons. The molecule has 0 saturated carbocycles.